The molecule has 0 spiro atoms. The molecule has 6 nitrogen and oxygen atoms in total. The number of aromatic carboxylic acids is 1. The number of pyridine rings is 1. The number of carboxylic acids is 1. The van der Waals surface area contributed by atoms with Gasteiger partial charge in [-0.15, -0.1) is 0 Å². The summed E-state index contributed by atoms with van der Waals surface area (Å²) in [5.41, 5.74) is 1.64. The van der Waals surface area contributed by atoms with Crippen LogP contribution in [0.3, 0.4) is 0 Å². The van der Waals surface area contributed by atoms with Crippen molar-refractivity contribution in [2.45, 2.75) is 33.7 Å². The fourth-order valence-corrected chi connectivity index (χ4v) is 2.50. The van der Waals surface area contributed by atoms with Crippen molar-refractivity contribution in [1.29, 1.82) is 0 Å². The number of rotatable bonds is 5. The molecule has 0 bridgehead atoms. The number of hydrogen-bond donors (Lipinski definition) is 1. The van der Waals surface area contributed by atoms with Crippen molar-refractivity contribution >= 4 is 22.7 Å². The minimum atomic E-state index is -0.961. The molecule has 2 rings (SSSR count). The first-order valence-electron chi connectivity index (χ1n) is 7.13. The van der Waals surface area contributed by atoms with Crippen LogP contribution in [0.25, 0.3) is 11.0 Å². The Bertz CT molecular complexity index is 661. The molecule has 0 aliphatic heterocycles. The summed E-state index contributed by atoms with van der Waals surface area (Å²) in [6, 6.07) is 0.191. The molecule has 0 radical (unpaired) electrons. The predicted octanol–water partition coefficient (Wildman–Crippen LogP) is 2.54. The Hall–Kier alpha value is -2.11. The van der Waals surface area contributed by atoms with Crippen molar-refractivity contribution in [3.8, 4) is 0 Å². The molecule has 2 aromatic heterocycles. The highest BCUT2D eigenvalue weighted by Gasteiger charge is 2.24. The summed E-state index contributed by atoms with van der Waals surface area (Å²) in [4.78, 5) is 18.0. The number of aromatic nitrogens is 3. The maximum atomic E-state index is 11.6. The molecular weight excluding hydrogens is 268 g/mol. The van der Waals surface area contributed by atoms with Crippen molar-refractivity contribution in [1.82, 2.24) is 14.8 Å². The second-order valence-electron chi connectivity index (χ2n) is 5.97. The minimum Gasteiger partial charge on any atom is -0.478 e. The maximum Gasteiger partial charge on any atom is 0.339 e. The Balaban J connectivity index is 2.72. The van der Waals surface area contributed by atoms with Gasteiger partial charge in [-0.05, 0) is 19.8 Å². The van der Waals surface area contributed by atoms with Crippen molar-refractivity contribution in [2.75, 3.05) is 11.4 Å². The van der Waals surface area contributed by atoms with Gasteiger partial charge in [-0.2, -0.15) is 5.10 Å². The number of carbonyl (C=O) groups is 1. The average molecular weight is 290 g/mol. The van der Waals surface area contributed by atoms with Gasteiger partial charge in [0.15, 0.2) is 5.65 Å². The number of hydrogen-bond acceptors (Lipinski definition) is 4. The molecule has 0 saturated heterocycles. The molecule has 0 atom stereocenters. The van der Waals surface area contributed by atoms with E-state index in [4.69, 9.17) is 0 Å². The van der Waals surface area contributed by atoms with Crippen molar-refractivity contribution < 1.29 is 9.90 Å². The Labute approximate surface area is 124 Å². The molecule has 0 amide bonds. The van der Waals surface area contributed by atoms with E-state index in [0.29, 0.717) is 17.3 Å². The van der Waals surface area contributed by atoms with Crippen LogP contribution >= 0.6 is 0 Å². The minimum absolute atomic E-state index is 0.191. The van der Waals surface area contributed by atoms with E-state index in [1.54, 1.807) is 10.9 Å². The number of anilines is 1. The number of nitrogens with zero attached hydrogens (tertiary/aromatic N) is 4. The van der Waals surface area contributed by atoms with E-state index in [0.717, 1.165) is 11.9 Å². The van der Waals surface area contributed by atoms with Gasteiger partial charge in [-0.25, -0.2) is 9.78 Å². The first-order chi connectivity index (χ1) is 9.82. The van der Waals surface area contributed by atoms with E-state index >= 15 is 0 Å². The fraction of sp³-hybridized carbons (Fsp3) is 0.533. The monoisotopic (exact) mass is 290 g/mol. The molecule has 0 aliphatic carbocycles. The van der Waals surface area contributed by atoms with Gasteiger partial charge >= 0.3 is 5.97 Å². The van der Waals surface area contributed by atoms with E-state index in [-0.39, 0.29) is 11.6 Å². The highest BCUT2D eigenvalue weighted by Crippen LogP contribution is 2.31. The van der Waals surface area contributed by atoms with Gasteiger partial charge in [0.2, 0.25) is 0 Å². The lowest BCUT2D eigenvalue weighted by molar-refractivity contribution is 0.0697. The summed E-state index contributed by atoms with van der Waals surface area (Å²) >= 11 is 0. The van der Waals surface area contributed by atoms with E-state index in [2.05, 4.69) is 42.7 Å². The Morgan fingerprint density at radius 2 is 2.00 bits per heavy atom. The lowest BCUT2D eigenvalue weighted by Gasteiger charge is -2.32. The van der Waals surface area contributed by atoms with Crippen LogP contribution in [0.1, 0.15) is 38.1 Å². The molecule has 114 valence electrons. The molecule has 2 aromatic rings. The van der Waals surface area contributed by atoms with Crippen LogP contribution in [-0.4, -0.2) is 38.4 Å². The Morgan fingerprint density at radius 1 is 1.33 bits per heavy atom. The molecule has 2 heterocycles. The van der Waals surface area contributed by atoms with E-state index in [1.165, 1.54) is 6.20 Å². The predicted molar refractivity (Wildman–Crippen MR) is 82.8 cm³/mol. The van der Waals surface area contributed by atoms with Crippen LogP contribution < -0.4 is 4.90 Å². The van der Waals surface area contributed by atoms with Crippen LogP contribution in [0.5, 0.6) is 0 Å². The van der Waals surface area contributed by atoms with Gasteiger partial charge in [0, 0.05) is 25.8 Å². The highest BCUT2D eigenvalue weighted by molar-refractivity contribution is 6.03. The lowest BCUT2D eigenvalue weighted by Crippen LogP contribution is -2.35. The van der Waals surface area contributed by atoms with Gasteiger partial charge in [-0.1, -0.05) is 13.8 Å². The highest BCUT2D eigenvalue weighted by atomic mass is 16.4. The van der Waals surface area contributed by atoms with E-state index in [9.17, 15) is 9.90 Å². The first-order valence-corrected chi connectivity index (χ1v) is 7.13. The quantitative estimate of drug-likeness (QED) is 0.916. The number of fused-ring (bicyclic) bond motifs is 1. The lowest BCUT2D eigenvalue weighted by atomic mass is 10.1. The summed E-state index contributed by atoms with van der Waals surface area (Å²) in [7, 11) is 1.81. The molecule has 1 N–H and O–H groups in total. The normalized spacial score (nSPS) is 11.6. The third-order valence-electron chi connectivity index (χ3n) is 3.44. The fourth-order valence-electron chi connectivity index (χ4n) is 2.50. The summed E-state index contributed by atoms with van der Waals surface area (Å²) < 4.78 is 1.67. The zero-order valence-electron chi connectivity index (χ0n) is 13.2. The third-order valence-corrected chi connectivity index (χ3v) is 3.44. The van der Waals surface area contributed by atoms with Gasteiger partial charge in [0.05, 0.1) is 17.3 Å². The molecule has 21 heavy (non-hydrogen) atoms. The summed E-state index contributed by atoms with van der Waals surface area (Å²) in [5.74, 6) is -0.536. The largest absolute Gasteiger partial charge is 0.478 e. The molecule has 0 unspecified atom stereocenters. The zero-order valence-corrected chi connectivity index (χ0v) is 13.2. The Kier molecular flexibility index (Phi) is 4.16. The van der Waals surface area contributed by atoms with Gasteiger partial charge < -0.3 is 10.0 Å². The second kappa shape index (κ2) is 5.71. The summed E-state index contributed by atoms with van der Waals surface area (Å²) in [6.45, 7) is 9.16. The standard InChI is InChI=1S/C15H22N4O2/c1-9(2)8-19(10(3)4)13-11-7-17-18(5)14(11)16-6-12(13)15(20)21/h6-7,9-10H,8H2,1-5H3,(H,20,21). The maximum absolute atomic E-state index is 11.6. The van der Waals surface area contributed by atoms with Crippen LogP contribution in [0, 0.1) is 5.92 Å². The molecule has 0 saturated carbocycles. The van der Waals surface area contributed by atoms with Crippen molar-refractivity contribution in [3.63, 3.8) is 0 Å². The summed E-state index contributed by atoms with van der Waals surface area (Å²) in [5, 5.41) is 14.5. The Morgan fingerprint density at radius 3 is 2.52 bits per heavy atom. The summed E-state index contributed by atoms with van der Waals surface area (Å²) in [6.07, 6.45) is 3.12. The first kappa shape index (κ1) is 15.3. The van der Waals surface area contributed by atoms with Crippen LogP contribution in [0.15, 0.2) is 12.4 Å². The van der Waals surface area contributed by atoms with Crippen molar-refractivity contribution in [3.05, 3.63) is 18.0 Å². The molecular formula is C15H22N4O2. The SMILES string of the molecule is CC(C)CN(c1c(C(=O)O)cnc2c1cnn2C)C(C)C. The zero-order chi connectivity index (χ0) is 15.7. The van der Waals surface area contributed by atoms with E-state index < -0.39 is 5.97 Å². The van der Waals surface area contributed by atoms with Gasteiger partial charge in [-0.3, -0.25) is 4.68 Å². The molecule has 0 fully saturated rings. The molecule has 6 heteroatoms. The van der Waals surface area contributed by atoms with Crippen molar-refractivity contribution in [2.24, 2.45) is 13.0 Å². The second-order valence-corrected chi connectivity index (χ2v) is 5.97. The smallest absolute Gasteiger partial charge is 0.339 e. The van der Waals surface area contributed by atoms with Crippen LogP contribution in [-0.2, 0) is 7.05 Å². The van der Waals surface area contributed by atoms with Gasteiger partial charge in [0.1, 0.15) is 5.56 Å². The average Bonchev–Trinajstić information content (AvgIpc) is 2.76. The molecule has 0 aliphatic rings. The number of aryl methyl sites for hydroxylation is 1. The van der Waals surface area contributed by atoms with Crippen LogP contribution in [0.2, 0.25) is 0 Å². The molecule has 0 aromatic carbocycles. The topological polar surface area (TPSA) is 71.2 Å². The van der Waals surface area contributed by atoms with Gasteiger partial charge in [0.25, 0.3) is 0 Å². The van der Waals surface area contributed by atoms with Crippen LogP contribution in [0.4, 0.5) is 5.69 Å². The number of carboxylic acid groups (broad SMARTS) is 1. The third kappa shape index (κ3) is 2.84. The van der Waals surface area contributed by atoms with E-state index in [1.807, 2.05) is 7.05 Å².